The van der Waals surface area contributed by atoms with Gasteiger partial charge in [0.15, 0.2) is 0 Å². The molecule has 6 nitrogen and oxygen atoms in total. The average molecular weight is 413 g/mol. The van der Waals surface area contributed by atoms with Crippen molar-refractivity contribution < 1.29 is 14.3 Å². The first-order chi connectivity index (χ1) is 15.2. The molecule has 1 fully saturated rings. The summed E-state index contributed by atoms with van der Waals surface area (Å²) >= 11 is 0. The smallest absolute Gasteiger partial charge is 0.255 e. The van der Waals surface area contributed by atoms with Crippen molar-refractivity contribution in [3.8, 4) is 5.75 Å². The molecule has 1 aliphatic rings. The lowest BCUT2D eigenvalue weighted by molar-refractivity contribution is 0.102. The van der Waals surface area contributed by atoms with Gasteiger partial charge in [-0.3, -0.25) is 4.79 Å². The minimum absolute atomic E-state index is 0.0369. The molecule has 6 heteroatoms. The van der Waals surface area contributed by atoms with Crippen LogP contribution in [-0.4, -0.2) is 22.5 Å². The highest BCUT2D eigenvalue weighted by atomic mass is 16.5. The normalized spacial score (nSPS) is 15.8. The lowest BCUT2D eigenvalue weighted by Gasteiger charge is -2.08. The Labute approximate surface area is 180 Å². The first kappa shape index (κ1) is 19.3. The van der Waals surface area contributed by atoms with Crippen molar-refractivity contribution in [1.29, 1.82) is 0 Å². The van der Waals surface area contributed by atoms with E-state index in [2.05, 4.69) is 15.3 Å². The molecule has 3 aromatic carbocycles. The molecule has 0 radical (unpaired) electrons. The molecule has 2 heterocycles. The number of nitrogens with one attached hydrogen (secondary N) is 2. The van der Waals surface area contributed by atoms with E-state index < -0.39 is 0 Å². The van der Waals surface area contributed by atoms with Gasteiger partial charge >= 0.3 is 0 Å². The zero-order valence-electron chi connectivity index (χ0n) is 17.0. The van der Waals surface area contributed by atoms with Crippen molar-refractivity contribution in [2.75, 3.05) is 11.9 Å². The summed E-state index contributed by atoms with van der Waals surface area (Å²) in [6, 6.07) is 22.8. The number of hydrogen-bond donors (Lipinski definition) is 2. The molecule has 1 aromatic heterocycles. The summed E-state index contributed by atoms with van der Waals surface area (Å²) in [4.78, 5) is 20.6. The van der Waals surface area contributed by atoms with Gasteiger partial charge in [-0.2, -0.15) is 0 Å². The summed E-state index contributed by atoms with van der Waals surface area (Å²) in [5.41, 5.74) is 4.06. The maximum Gasteiger partial charge on any atom is 0.255 e. The van der Waals surface area contributed by atoms with Gasteiger partial charge in [0.05, 0.1) is 11.0 Å². The van der Waals surface area contributed by atoms with Crippen molar-refractivity contribution in [2.24, 2.45) is 0 Å². The molecule has 156 valence electrons. The molecule has 0 saturated carbocycles. The maximum atomic E-state index is 12.7. The van der Waals surface area contributed by atoms with Crippen LogP contribution in [0.25, 0.3) is 11.0 Å². The number of para-hydroxylation sites is 1. The highest BCUT2D eigenvalue weighted by molar-refractivity contribution is 6.05. The Kier molecular flexibility index (Phi) is 5.37. The van der Waals surface area contributed by atoms with E-state index in [4.69, 9.17) is 9.47 Å². The number of carbonyl (C=O) groups excluding carboxylic acids is 1. The minimum Gasteiger partial charge on any atom is -0.489 e. The number of H-pyrrole nitrogens is 1. The fraction of sp³-hybridized carbons (Fsp3) is 0.200. The van der Waals surface area contributed by atoms with E-state index in [1.807, 2.05) is 72.8 Å². The standard InChI is InChI=1S/C25H23N3O3/c29-25(18-10-8-17(9-11-18)16-31-20-5-2-1-3-6-20)26-19-12-13-21-22(15-19)28-24(27-21)23-7-4-14-30-23/h1-3,5-6,8-13,15,23H,4,7,14,16H2,(H,26,29)(H,27,28). The Morgan fingerprint density at radius 2 is 1.94 bits per heavy atom. The van der Waals surface area contributed by atoms with Crippen LogP contribution in [0.1, 0.15) is 40.7 Å². The third kappa shape index (κ3) is 4.44. The predicted octanol–water partition coefficient (Wildman–Crippen LogP) is 5.25. The topological polar surface area (TPSA) is 76.2 Å². The summed E-state index contributed by atoms with van der Waals surface area (Å²) in [6.07, 6.45) is 2.07. The Morgan fingerprint density at radius 1 is 1.10 bits per heavy atom. The highest BCUT2D eigenvalue weighted by Gasteiger charge is 2.21. The quantitative estimate of drug-likeness (QED) is 0.453. The maximum absolute atomic E-state index is 12.7. The molecule has 1 amide bonds. The lowest BCUT2D eigenvalue weighted by atomic mass is 10.1. The molecule has 31 heavy (non-hydrogen) atoms. The third-order valence-electron chi connectivity index (χ3n) is 5.36. The van der Waals surface area contributed by atoms with Gasteiger partial charge in [-0.15, -0.1) is 0 Å². The monoisotopic (exact) mass is 413 g/mol. The van der Waals surface area contributed by atoms with Crippen molar-refractivity contribution in [2.45, 2.75) is 25.6 Å². The van der Waals surface area contributed by atoms with Crippen LogP contribution in [0.4, 0.5) is 5.69 Å². The van der Waals surface area contributed by atoms with Crippen molar-refractivity contribution >= 4 is 22.6 Å². The zero-order valence-corrected chi connectivity index (χ0v) is 17.0. The van der Waals surface area contributed by atoms with E-state index in [-0.39, 0.29) is 12.0 Å². The van der Waals surface area contributed by atoms with E-state index in [1.165, 1.54) is 0 Å². The van der Waals surface area contributed by atoms with Gasteiger partial charge in [-0.1, -0.05) is 30.3 Å². The van der Waals surface area contributed by atoms with Crippen LogP contribution in [0, 0.1) is 0 Å². The number of aromatic amines is 1. The molecule has 1 unspecified atom stereocenters. The van der Waals surface area contributed by atoms with Crippen LogP contribution < -0.4 is 10.1 Å². The van der Waals surface area contributed by atoms with Gasteiger partial charge in [0, 0.05) is 17.9 Å². The third-order valence-corrected chi connectivity index (χ3v) is 5.36. The zero-order chi connectivity index (χ0) is 21.0. The Balaban J connectivity index is 1.23. The number of hydrogen-bond acceptors (Lipinski definition) is 4. The van der Waals surface area contributed by atoms with Gasteiger partial charge in [0.2, 0.25) is 0 Å². The number of amides is 1. The Morgan fingerprint density at radius 3 is 2.71 bits per heavy atom. The van der Waals surface area contributed by atoms with Gasteiger partial charge < -0.3 is 19.8 Å². The SMILES string of the molecule is O=C(Nc1ccc2nc(C3CCCO3)[nH]c2c1)c1ccc(COc2ccccc2)cc1. The summed E-state index contributed by atoms with van der Waals surface area (Å²) in [5, 5.41) is 2.96. The molecule has 5 rings (SSSR count). The van der Waals surface area contributed by atoms with E-state index in [0.717, 1.165) is 53.3 Å². The second-order valence-electron chi connectivity index (χ2n) is 7.61. The fourth-order valence-electron chi connectivity index (χ4n) is 3.69. The molecule has 2 N–H and O–H groups in total. The predicted molar refractivity (Wildman–Crippen MR) is 119 cm³/mol. The second-order valence-corrected chi connectivity index (χ2v) is 7.61. The Bertz CT molecular complexity index is 1180. The number of rotatable bonds is 6. The van der Waals surface area contributed by atoms with Crippen LogP contribution in [-0.2, 0) is 11.3 Å². The fourth-order valence-corrected chi connectivity index (χ4v) is 3.69. The van der Waals surface area contributed by atoms with Gasteiger partial charge in [0.25, 0.3) is 5.91 Å². The molecule has 4 aromatic rings. The number of benzene rings is 3. The number of ether oxygens (including phenoxy) is 2. The number of anilines is 1. The number of fused-ring (bicyclic) bond motifs is 1. The van der Waals surface area contributed by atoms with Crippen LogP contribution >= 0.6 is 0 Å². The lowest BCUT2D eigenvalue weighted by Crippen LogP contribution is -2.11. The molecule has 0 aliphatic carbocycles. The van der Waals surface area contributed by atoms with E-state index in [9.17, 15) is 4.79 Å². The first-order valence-corrected chi connectivity index (χ1v) is 10.4. The summed E-state index contributed by atoms with van der Waals surface area (Å²) in [5.74, 6) is 1.51. The van der Waals surface area contributed by atoms with Crippen LogP contribution in [0.5, 0.6) is 5.75 Å². The minimum atomic E-state index is -0.159. The largest absolute Gasteiger partial charge is 0.489 e. The average Bonchev–Trinajstić information content (AvgIpc) is 3.48. The number of imidazole rings is 1. The van der Waals surface area contributed by atoms with Crippen molar-refractivity contribution in [3.63, 3.8) is 0 Å². The van der Waals surface area contributed by atoms with E-state index in [1.54, 1.807) is 0 Å². The van der Waals surface area contributed by atoms with E-state index >= 15 is 0 Å². The molecular formula is C25H23N3O3. The van der Waals surface area contributed by atoms with Crippen molar-refractivity contribution in [3.05, 3.63) is 89.7 Å². The number of nitrogens with zero attached hydrogens (tertiary/aromatic N) is 1. The van der Waals surface area contributed by atoms with Crippen LogP contribution in [0.15, 0.2) is 72.8 Å². The summed E-state index contributed by atoms with van der Waals surface area (Å²) < 4.78 is 11.4. The summed E-state index contributed by atoms with van der Waals surface area (Å²) in [7, 11) is 0. The Hall–Kier alpha value is -3.64. The number of carbonyl (C=O) groups is 1. The molecule has 1 atom stereocenters. The molecule has 0 bridgehead atoms. The van der Waals surface area contributed by atoms with Crippen LogP contribution in [0.2, 0.25) is 0 Å². The van der Waals surface area contributed by atoms with Gasteiger partial charge in [0.1, 0.15) is 24.3 Å². The summed E-state index contributed by atoms with van der Waals surface area (Å²) in [6.45, 7) is 1.23. The molecule has 1 saturated heterocycles. The van der Waals surface area contributed by atoms with Crippen LogP contribution in [0.3, 0.4) is 0 Å². The van der Waals surface area contributed by atoms with Gasteiger partial charge in [-0.25, -0.2) is 4.98 Å². The van der Waals surface area contributed by atoms with Gasteiger partial charge in [-0.05, 0) is 60.9 Å². The number of aromatic nitrogens is 2. The molecule has 1 aliphatic heterocycles. The highest BCUT2D eigenvalue weighted by Crippen LogP contribution is 2.28. The first-order valence-electron chi connectivity index (χ1n) is 10.4. The molecular weight excluding hydrogens is 390 g/mol. The second kappa shape index (κ2) is 8.62. The van der Waals surface area contributed by atoms with E-state index in [0.29, 0.717) is 12.2 Å². The molecule has 0 spiro atoms. The van der Waals surface area contributed by atoms with Crippen molar-refractivity contribution in [1.82, 2.24) is 9.97 Å².